The summed E-state index contributed by atoms with van der Waals surface area (Å²) in [6.07, 6.45) is 1.62. The molecule has 0 aliphatic carbocycles. The number of rotatable bonds is 4. The summed E-state index contributed by atoms with van der Waals surface area (Å²) in [6, 6.07) is 2.62. The van der Waals surface area contributed by atoms with Crippen LogP contribution in [0.3, 0.4) is 0 Å². The Bertz CT molecular complexity index is 586. The summed E-state index contributed by atoms with van der Waals surface area (Å²) >= 11 is 0. The molecule has 0 fully saturated rings. The van der Waals surface area contributed by atoms with E-state index in [4.69, 9.17) is 0 Å². The van der Waals surface area contributed by atoms with E-state index in [0.717, 1.165) is 11.3 Å². The van der Waals surface area contributed by atoms with Crippen LogP contribution in [0.5, 0.6) is 0 Å². The average Bonchev–Trinajstić information content (AvgIpc) is 2.94. The molecule has 1 amide bonds. The molecule has 0 aromatic carbocycles. The van der Waals surface area contributed by atoms with Gasteiger partial charge < -0.3 is 15.4 Å². The molecule has 3 N–H and O–H groups in total. The van der Waals surface area contributed by atoms with Gasteiger partial charge in [0.25, 0.3) is 5.91 Å². The number of H-pyrrole nitrogens is 2. The Morgan fingerprint density at radius 1 is 1.56 bits per heavy atom. The minimum Gasteiger partial charge on any atom is -0.358 e. The Hall–Kier alpha value is -2.64. The Morgan fingerprint density at radius 2 is 2.33 bits per heavy atom. The summed E-state index contributed by atoms with van der Waals surface area (Å²) in [5.74, 6) is -0.608. The number of hydrogen-bond donors (Lipinski definition) is 3. The third-order valence-electron chi connectivity index (χ3n) is 2.49. The minimum absolute atomic E-state index is 0.155. The van der Waals surface area contributed by atoms with Crippen LogP contribution in [0.1, 0.15) is 21.7 Å². The predicted molar refractivity (Wildman–Crippen MR) is 61.9 cm³/mol. The number of aryl methyl sites for hydroxylation is 1. The summed E-state index contributed by atoms with van der Waals surface area (Å²) in [5, 5.41) is 19.7. The third-order valence-corrected chi connectivity index (χ3v) is 2.49. The van der Waals surface area contributed by atoms with Crippen LogP contribution >= 0.6 is 0 Å². The van der Waals surface area contributed by atoms with E-state index < -0.39 is 10.8 Å². The first-order valence-electron chi connectivity index (χ1n) is 5.18. The molecular weight excluding hydrogens is 238 g/mol. The lowest BCUT2D eigenvalue weighted by Gasteiger charge is -2.00. The smallest absolute Gasteiger partial charge is 0.321 e. The SMILES string of the molecule is Cc1[nH]ncc1CNC(=O)c1ccc([N+](=O)[O-])[nH]1. The van der Waals surface area contributed by atoms with Gasteiger partial charge in [0.05, 0.1) is 6.20 Å². The molecule has 0 aliphatic rings. The molecular formula is C10H11N5O3. The number of carbonyl (C=O) groups is 1. The number of aromatic nitrogens is 3. The molecule has 18 heavy (non-hydrogen) atoms. The lowest BCUT2D eigenvalue weighted by molar-refractivity contribution is -0.389. The van der Waals surface area contributed by atoms with Crippen LogP contribution in [-0.4, -0.2) is 26.0 Å². The number of amides is 1. The van der Waals surface area contributed by atoms with E-state index in [1.165, 1.54) is 12.1 Å². The van der Waals surface area contributed by atoms with Gasteiger partial charge in [0.1, 0.15) is 0 Å². The van der Waals surface area contributed by atoms with Gasteiger partial charge in [0, 0.05) is 23.9 Å². The molecule has 8 heteroatoms. The lowest BCUT2D eigenvalue weighted by Crippen LogP contribution is -2.23. The van der Waals surface area contributed by atoms with Crippen LogP contribution < -0.4 is 5.32 Å². The average molecular weight is 249 g/mol. The number of nitrogens with one attached hydrogen (secondary N) is 3. The molecule has 0 saturated carbocycles. The van der Waals surface area contributed by atoms with E-state index in [-0.39, 0.29) is 11.5 Å². The maximum Gasteiger partial charge on any atom is 0.321 e. The molecule has 0 radical (unpaired) electrons. The van der Waals surface area contributed by atoms with Crippen molar-refractivity contribution in [3.05, 3.63) is 45.4 Å². The highest BCUT2D eigenvalue weighted by atomic mass is 16.6. The molecule has 0 bridgehead atoms. The van der Waals surface area contributed by atoms with E-state index in [1.54, 1.807) is 6.20 Å². The van der Waals surface area contributed by atoms with E-state index in [9.17, 15) is 14.9 Å². The van der Waals surface area contributed by atoms with Gasteiger partial charge in [-0.1, -0.05) is 0 Å². The van der Waals surface area contributed by atoms with Crippen molar-refractivity contribution in [1.29, 1.82) is 0 Å². The summed E-state index contributed by atoms with van der Waals surface area (Å²) < 4.78 is 0. The van der Waals surface area contributed by atoms with Crippen molar-refractivity contribution in [3.8, 4) is 0 Å². The standard InChI is InChI=1S/C10H11N5O3/c1-6-7(5-12-14-6)4-11-10(16)8-2-3-9(13-8)15(17)18/h2-3,5,13H,4H2,1H3,(H,11,16)(H,12,14). The fourth-order valence-corrected chi connectivity index (χ4v) is 1.45. The summed E-state index contributed by atoms with van der Waals surface area (Å²) in [4.78, 5) is 24.0. The molecule has 94 valence electrons. The summed E-state index contributed by atoms with van der Waals surface area (Å²) in [7, 11) is 0. The van der Waals surface area contributed by atoms with Crippen LogP contribution in [0.25, 0.3) is 0 Å². The molecule has 0 saturated heterocycles. The number of aromatic amines is 2. The van der Waals surface area contributed by atoms with Crippen LogP contribution in [0.4, 0.5) is 5.82 Å². The van der Waals surface area contributed by atoms with Crippen molar-refractivity contribution >= 4 is 11.7 Å². The van der Waals surface area contributed by atoms with E-state index in [2.05, 4.69) is 20.5 Å². The highest BCUT2D eigenvalue weighted by molar-refractivity contribution is 5.92. The van der Waals surface area contributed by atoms with Gasteiger partial charge >= 0.3 is 5.82 Å². The second-order valence-corrected chi connectivity index (χ2v) is 3.72. The Labute approximate surface area is 102 Å². The highest BCUT2D eigenvalue weighted by Crippen LogP contribution is 2.10. The minimum atomic E-state index is -0.586. The zero-order valence-electron chi connectivity index (χ0n) is 9.56. The van der Waals surface area contributed by atoms with Crippen molar-refractivity contribution in [3.63, 3.8) is 0 Å². The first-order valence-corrected chi connectivity index (χ1v) is 5.18. The van der Waals surface area contributed by atoms with Crippen molar-refractivity contribution in [2.75, 3.05) is 0 Å². The van der Waals surface area contributed by atoms with Gasteiger partial charge in [-0.2, -0.15) is 5.10 Å². The molecule has 2 heterocycles. The second kappa shape index (κ2) is 4.70. The molecule has 0 aliphatic heterocycles. The Balaban J connectivity index is 1.99. The van der Waals surface area contributed by atoms with Crippen LogP contribution in [0.2, 0.25) is 0 Å². The predicted octanol–water partition coefficient (Wildman–Crippen LogP) is 0.884. The van der Waals surface area contributed by atoms with E-state index >= 15 is 0 Å². The number of nitro groups is 1. The molecule has 2 aromatic heterocycles. The molecule has 2 rings (SSSR count). The fourth-order valence-electron chi connectivity index (χ4n) is 1.45. The number of nitrogens with zero attached hydrogens (tertiary/aromatic N) is 2. The largest absolute Gasteiger partial charge is 0.358 e. The van der Waals surface area contributed by atoms with Crippen LogP contribution in [-0.2, 0) is 6.54 Å². The maximum absolute atomic E-state index is 11.7. The van der Waals surface area contributed by atoms with Gasteiger partial charge in [-0.25, -0.2) is 4.98 Å². The normalized spacial score (nSPS) is 10.3. The van der Waals surface area contributed by atoms with Gasteiger partial charge in [-0.15, -0.1) is 0 Å². The Kier molecular flexibility index (Phi) is 3.09. The van der Waals surface area contributed by atoms with Crippen molar-refractivity contribution < 1.29 is 9.72 Å². The van der Waals surface area contributed by atoms with Crippen molar-refractivity contribution in [2.24, 2.45) is 0 Å². The van der Waals surface area contributed by atoms with Crippen LogP contribution in [0, 0.1) is 17.0 Å². The van der Waals surface area contributed by atoms with Crippen molar-refractivity contribution in [1.82, 2.24) is 20.5 Å². The fraction of sp³-hybridized carbons (Fsp3) is 0.200. The Morgan fingerprint density at radius 3 is 2.89 bits per heavy atom. The van der Waals surface area contributed by atoms with Crippen LogP contribution in [0.15, 0.2) is 18.3 Å². The van der Waals surface area contributed by atoms with E-state index in [1.807, 2.05) is 6.92 Å². The van der Waals surface area contributed by atoms with E-state index in [0.29, 0.717) is 6.54 Å². The summed E-state index contributed by atoms with van der Waals surface area (Å²) in [5.41, 5.74) is 1.89. The van der Waals surface area contributed by atoms with Gasteiger partial charge in [-0.3, -0.25) is 9.89 Å². The second-order valence-electron chi connectivity index (χ2n) is 3.72. The molecule has 0 atom stereocenters. The van der Waals surface area contributed by atoms with Gasteiger partial charge in [0.15, 0.2) is 5.69 Å². The third kappa shape index (κ3) is 2.37. The monoisotopic (exact) mass is 249 g/mol. The van der Waals surface area contributed by atoms with Gasteiger partial charge in [0.2, 0.25) is 0 Å². The number of carbonyl (C=O) groups excluding carboxylic acids is 1. The maximum atomic E-state index is 11.7. The quantitative estimate of drug-likeness (QED) is 0.550. The zero-order chi connectivity index (χ0) is 13.1. The highest BCUT2D eigenvalue weighted by Gasteiger charge is 2.15. The molecule has 8 nitrogen and oxygen atoms in total. The first kappa shape index (κ1) is 11.8. The summed E-state index contributed by atoms with van der Waals surface area (Å²) in [6.45, 7) is 2.15. The molecule has 0 unspecified atom stereocenters. The number of hydrogen-bond acceptors (Lipinski definition) is 4. The molecule has 2 aromatic rings. The first-order chi connectivity index (χ1) is 8.58. The van der Waals surface area contributed by atoms with Crippen molar-refractivity contribution in [2.45, 2.75) is 13.5 Å². The lowest BCUT2D eigenvalue weighted by atomic mass is 10.2. The zero-order valence-corrected chi connectivity index (χ0v) is 9.56. The molecule has 0 spiro atoms. The topological polar surface area (TPSA) is 117 Å². The van der Waals surface area contributed by atoms with Gasteiger partial charge in [-0.05, 0) is 17.9 Å².